The summed E-state index contributed by atoms with van der Waals surface area (Å²) in [6, 6.07) is 0. The first-order valence-electron chi connectivity index (χ1n) is 5.53. The number of thiol groups is 1. The number of amidine groups is 2. The van der Waals surface area contributed by atoms with Crippen molar-refractivity contribution in [1.82, 2.24) is 4.90 Å². The number of hydrogen-bond acceptors (Lipinski definition) is 2. The highest BCUT2D eigenvalue weighted by Crippen LogP contribution is 2.15. The Hall–Kier alpha value is -1.03. The highest BCUT2D eigenvalue weighted by molar-refractivity contribution is 7.96. The van der Waals surface area contributed by atoms with E-state index in [1.54, 1.807) is 4.90 Å². The second-order valence-corrected chi connectivity index (χ2v) is 4.74. The molecule has 0 fully saturated rings. The van der Waals surface area contributed by atoms with E-state index in [1.165, 1.54) is 0 Å². The fraction of sp³-hybridized carbons (Fsp3) is 0.500. The Labute approximate surface area is 103 Å². The topological polar surface area (TPSA) is 50.9 Å². The largest absolute Gasteiger partial charge is 0.306 e. The van der Waals surface area contributed by atoms with Crippen LogP contribution in [0.25, 0.3) is 0 Å². The van der Waals surface area contributed by atoms with Gasteiger partial charge >= 0.3 is 0 Å². The summed E-state index contributed by atoms with van der Waals surface area (Å²) in [6.07, 6.45) is 8.09. The molecule has 0 saturated carbocycles. The third-order valence-corrected chi connectivity index (χ3v) is 2.58. The zero-order valence-corrected chi connectivity index (χ0v) is 10.7. The van der Waals surface area contributed by atoms with Gasteiger partial charge in [-0.1, -0.05) is 32.1 Å². The fourth-order valence-corrected chi connectivity index (χ4v) is 1.78. The second kappa shape index (κ2) is 5.89. The highest BCUT2D eigenvalue weighted by atomic mass is 32.1. The Morgan fingerprint density at radius 1 is 1.44 bits per heavy atom. The average molecular weight is 237 g/mol. The lowest BCUT2D eigenvalue weighted by atomic mass is 10.1. The molecule has 0 aromatic carbocycles. The lowest BCUT2D eigenvalue weighted by molar-refractivity contribution is 0.492. The van der Waals surface area contributed by atoms with Gasteiger partial charge in [0, 0.05) is 12.1 Å². The second-order valence-electron chi connectivity index (χ2n) is 4.32. The maximum Gasteiger partial charge on any atom is 0.158 e. The molecular weight excluding hydrogens is 218 g/mol. The van der Waals surface area contributed by atoms with Crippen LogP contribution in [0.15, 0.2) is 23.8 Å². The highest BCUT2D eigenvalue weighted by Gasteiger charge is 2.17. The summed E-state index contributed by atoms with van der Waals surface area (Å²) in [7, 11) is 0. The average Bonchev–Trinajstić information content (AvgIpc) is 2.25. The molecule has 0 radical (unpaired) electrons. The first-order valence-corrected chi connectivity index (χ1v) is 5.97. The smallest absolute Gasteiger partial charge is 0.158 e. The number of nitrogens with one attached hydrogen (secondary N) is 2. The van der Waals surface area contributed by atoms with Gasteiger partial charge in [-0.3, -0.25) is 10.8 Å². The standard InChI is InChI=1S/C12H19N3S/c1-9(2)8-15(12(14)16)11(13)10-6-4-3-5-7-10/h4,6-7,9,13H,3,5,8H2,1-2H3,(H2,14,16). The van der Waals surface area contributed by atoms with Crippen LogP contribution >= 0.6 is 12.6 Å². The van der Waals surface area contributed by atoms with Crippen molar-refractivity contribution in [3.8, 4) is 0 Å². The molecule has 1 rings (SSSR count). The van der Waals surface area contributed by atoms with Crippen molar-refractivity contribution < 1.29 is 0 Å². The number of hydrogen-bond donors (Lipinski definition) is 3. The van der Waals surface area contributed by atoms with Crippen molar-refractivity contribution in [2.45, 2.75) is 26.7 Å². The molecule has 0 aromatic rings. The van der Waals surface area contributed by atoms with Gasteiger partial charge in [0.05, 0.1) is 0 Å². The van der Waals surface area contributed by atoms with Gasteiger partial charge in [0.15, 0.2) is 5.17 Å². The molecule has 1 aliphatic rings. The number of allylic oxidation sites excluding steroid dienone is 2. The van der Waals surface area contributed by atoms with Gasteiger partial charge < -0.3 is 4.90 Å². The SMILES string of the molecule is CC(C)CN(C(=N)S)C(=N)C1=CCCC=C1. The van der Waals surface area contributed by atoms with Crippen molar-refractivity contribution in [1.29, 1.82) is 10.8 Å². The summed E-state index contributed by atoms with van der Waals surface area (Å²) in [5, 5.41) is 15.8. The lowest BCUT2D eigenvalue weighted by Gasteiger charge is -2.26. The first kappa shape index (κ1) is 13.0. The molecule has 0 aromatic heterocycles. The van der Waals surface area contributed by atoms with Crippen molar-refractivity contribution in [3.05, 3.63) is 23.8 Å². The zero-order valence-electron chi connectivity index (χ0n) is 9.83. The fourth-order valence-electron chi connectivity index (χ4n) is 1.59. The van der Waals surface area contributed by atoms with Gasteiger partial charge in [-0.15, -0.1) is 12.6 Å². The molecule has 0 spiro atoms. The Balaban J connectivity index is 2.78. The Kier molecular flexibility index (Phi) is 4.80. The predicted octanol–water partition coefficient (Wildman–Crippen LogP) is 3.06. The number of nitrogens with zero attached hydrogens (tertiary/aromatic N) is 1. The molecule has 0 amide bonds. The molecule has 3 nitrogen and oxygen atoms in total. The van der Waals surface area contributed by atoms with Crippen molar-refractivity contribution in [3.63, 3.8) is 0 Å². The van der Waals surface area contributed by atoms with Crippen LogP contribution in [0.1, 0.15) is 26.7 Å². The maximum absolute atomic E-state index is 8.08. The first-order chi connectivity index (χ1) is 7.52. The van der Waals surface area contributed by atoms with E-state index in [-0.39, 0.29) is 5.17 Å². The van der Waals surface area contributed by atoms with Crippen LogP contribution in [0.5, 0.6) is 0 Å². The van der Waals surface area contributed by atoms with E-state index in [0.717, 1.165) is 18.4 Å². The van der Waals surface area contributed by atoms with E-state index in [0.29, 0.717) is 18.3 Å². The quantitative estimate of drug-likeness (QED) is 0.394. The zero-order chi connectivity index (χ0) is 12.1. The van der Waals surface area contributed by atoms with Gasteiger partial charge in [0.1, 0.15) is 5.84 Å². The predicted molar refractivity (Wildman–Crippen MR) is 72.4 cm³/mol. The molecule has 0 heterocycles. The van der Waals surface area contributed by atoms with Crippen LogP contribution in [0.2, 0.25) is 0 Å². The molecule has 0 saturated heterocycles. The van der Waals surface area contributed by atoms with Gasteiger partial charge in [-0.2, -0.15) is 0 Å². The van der Waals surface area contributed by atoms with Crippen LogP contribution in [0.3, 0.4) is 0 Å². The van der Waals surface area contributed by atoms with E-state index in [9.17, 15) is 0 Å². The van der Waals surface area contributed by atoms with Crippen LogP contribution in [-0.2, 0) is 0 Å². The van der Waals surface area contributed by atoms with Gasteiger partial charge in [0.2, 0.25) is 0 Å². The van der Waals surface area contributed by atoms with Crippen LogP contribution in [0, 0.1) is 16.7 Å². The van der Waals surface area contributed by atoms with Gasteiger partial charge in [-0.05, 0) is 18.8 Å². The van der Waals surface area contributed by atoms with Crippen LogP contribution in [-0.4, -0.2) is 22.4 Å². The minimum Gasteiger partial charge on any atom is -0.306 e. The Morgan fingerprint density at radius 2 is 2.12 bits per heavy atom. The van der Waals surface area contributed by atoms with Crippen LogP contribution in [0.4, 0.5) is 0 Å². The number of rotatable bonds is 3. The van der Waals surface area contributed by atoms with Gasteiger partial charge in [0.25, 0.3) is 0 Å². The van der Waals surface area contributed by atoms with E-state index in [1.807, 2.05) is 12.2 Å². The van der Waals surface area contributed by atoms with Crippen molar-refractivity contribution >= 4 is 23.6 Å². The summed E-state index contributed by atoms with van der Waals surface area (Å²) in [5.74, 6) is 0.783. The molecule has 0 atom stereocenters. The summed E-state index contributed by atoms with van der Waals surface area (Å²) < 4.78 is 0. The molecule has 4 heteroatoms. The summed E-state index contributed by atoms with van der Waals surface area (Å²) >= 11 is 4.04. The normalized spacial score (nSPS) is 14.9. The van der Waals surface area contributed by atoms with Crippen molar-refractivity contribution in [2.75, 3.05) is 6.54 Å². The Bertz CT molecular complexity index is 342. The lowest BCUT2D eigenvalue weighted by Crippen LogP contribution is -2.37. The summed E-state index contributed by atoms with van der Waals surface area (Å²) in [4.78, 5) is 1.63. The summed E-state index contributed by atoms with van der Waals surface area (Å²) in [5.41, 5.74) is 0.894. The molecule has 2 N–H and O–H groups in total. The van der Waals surface area contributed by atoms with Crippen LogP contribution < -0.4 is 0 Å². The minimum atomic E-state index is 0.138. The van der Waals surface area contributed by atoms with Gasteiger partial charge in [-0.25, -0.2) is 0 Å². The van der Waals surface area contributed by atoms with E-state index >= 15 is 0 Å². The molecule has 0 aliphatic heterocycles. The third-order valence-electron chi connectivity index (χ3n) is 2.34. The third kappa shape index (κ3) is 3.52. The van der Waals surface area contributed by atoms with E-state index in [4.69, 9.17) is 10.8 Å². The van der Waals surface area contributed by atoms with E-state index < -0.39 is 0 Å². The molecule has 0 bridgehead atoms. The summed E-state index contributed by atoms with van der Waals surface area (Å²) in [6.45, 7) is 4.80. The minimum absolute atomic E-state index is 0.138. The van der Waals surface area contributed by atoms with Crippen molar-refractivity contribution in [2.24, 2.45) is 5.92 Å². The molecule has 0 unspecified atom stereocenters. The molecule has 1 aliphatic carbocycles. The molecular formula is C12H19N3S. The molecule has 16 heavy (non-hydrogen) atoms. The monoisotopic (exact) mass is 237 g/mol. The molecule has 88 valence electrons. The Morgan fingerprint density at radius 3 is 2.56 bits per heavy atom. The maximum atomic E-state index is 8.08. The van der Waals surface area contributed by atoms with E-state index in [2.05, 4.69) is 32.6 Å².